The molecule has 0 aliphatic heterocycles. The van der Waals surface area contributed by atoms with Gasteiger partial charge in [-0.25, -0.2) is 0 Å². The molecule has 2 aromatic heterocycles. The smallest absolute Gasteiger partial charge is 0.0843 e. The van der Waals surface area contributed by atoms with Gasteiger partial charge in [-0.2, -0.15) is 10.2 Å². The molecule has 21 heavy (non-hydrogen) atoms. The number of nitrogens with one attached hydrogen (secondary N) is 1. The van der Waals surface area contributed by atoms with Gasteiger partial charge in [0.1, 0.15) is 0 Å². The lowest BCUT2D eigenvalue weighted by molar-refractivity contribution is 0.527. The predicted octanol–water partition coefficient (Wildman–Crippen LogP) is 2.97. The zero-order valence-corrected chi connectivity index (χ0v) is 14.8. The van der Waals surface area contributed by atoms with Gasteiger partial charge in [-0.1, -0.05) is 20.8 Å². The fourth-order valence-electron chi connectivity index (χ4n) is 2.27. The highest BCUT2D eigenvalue weighted by Crippen LogP contribution is 2.23. The molecular weight excluding hydrogens is 330 g/mol. The minimum absolute atomic E-state index is 0.466. The highest BCUT2D eigenvalue weighted by molar-refractivity contribution is 9.10. The maximum atomic E-state index is 4.64. The zero-order chi connectivity index (χ0) is 15.4. The Hall–Kier alpha value is -1.14. The summed E-state index contributed by atoms with van der Waals surface area (Å²) in [6.07, 6.45) is 2.79. The normalized spacial score (nSPS) is 11.5. The van der Waals surface area contributed by atoms with Crippen LogP contribution in [0.15, 0.2) is 16.7 Å². The van der Waals surface area contributed by atoms with E-state index in [1.165, 1.54) is 11.4 Å². The van der Waals surface area contributed by atoms with Crippen molar-refractivity contribution in [3.8, 4) is 0 Å². The van der Waals surface area contributed by atoms with E-state index in [9.17, 15) is 0 Å². The molecule has 0 aromatic carbocycles. The summed E-state index contributed by atoms with van der Waals surface area (Å²) in [6, 6.07) is 2.53. The van der Waals surface area contributed by atoms with Crippen molar-refractivity contribution in [1.82, 2.24) is 24.9 Å². The highest BCUT2D eigenvalue weighted by atomic mass is 79.9. The molecule has 0 atom stereocenters. The Morgan fingerprint density at radius 1 is 1.29 bits per heavy atom. The standard InChI is InChI=1S/C15H24BrN5/c1-5-13-15(16)14(20(6-2)19-13)10-21-12(7-8-18-21)9-17-11(3)4/h7-8,11,17H,5-6,9-10H2,1-4H3. The Balaban J connectivity index is 2.22. The van der Waals surface area contributed by atoms with Crippen molar-refractivity contribution in [2.45, 2.75) is 59.8 Å². The fraction of sp³-hybridized carbons (Fsp3) is 0.600. The largest absolute Gasteiger partial charge is 0.309 e. The second-order valence-corrected chi connectivity index (χ2v) is 6.19. The molecule has 6 heteroatoms. The number of hydrogen-bond donors (Lipinski definition) is 1. The molecule has 0 saturated carbocycles. The highest BCUT2D eigenvalue weighted by Gasteiger charge is 2.15. The van der Waals surface area contributed by atoms with E-state index in [0.717, 1.165) is 36.2 Å². The van der Waals surface area contributed by atoms with Gasteiger partial charge >= 0.3 is 0 Å². The molecule has 0 aliphatic carbocycles. The van der Waals surface area contributed by atoms with Crippen LogP contribution in [0.25, 0.3) is 0 Å². The maximum Gasteiger partial charge on any atom is 0.0843 e. The number of halogens is 1. The lowest BCUT2D eigenvalue weighted by Gasteiger charge is -2.12. The molecule has 0 amide bonds. The summed E-state index contributed by atoms with van der Waals surface area (Å²) in [7, 11) is 0. The first-order valence-electron chi connectivity index (χ1n) is 7.54. The third-order valence-corrected chi connectivity index (χ3v) is 4.40. The molecule has 0 aliphatic rings. The third kappa shape index (κ3) is 3.74. The predicted molar refractivity (Wildman–Crippen MR) is 88.3 cm³/mol. The van der Waals surface area contributed by atoms with Crippen molar-refractivity contribution in [1.29, 1.82) is 0 Å². The summed E-state index contributed by atoms with van der Waals surface area (Å²) in [5, 5.41) is 12.5. The molecule has 0 radical (unpaired) electrons. The number of rotatable bonds is 7. The van der Waals surface area contributed by atoms with Gasteiger partial charge in [0.2, 0.25) is 0 Å². The summed E-state index contributed by atoms with van der Waals surface area (Å²) in [5.74, 6) is 0. The van der Waals surface area contributed by atoms with Gasteiger partial charge in [0.05, 0.1) is 28.1 Å². The monoisotopic (exact) mass is 353 g/mol. The van der Waals surface area contributed by atoms with Crippen LogP contribution in [0.1, 0.15) is 44.8 Å². The van der Waals surface area contributed by atoms with Gasteiger partial charge in [0.15, 0.2) is 0 Å². The molecule has 2 aromatic rings. The summed E-state index contributed by atoms with van der Waals surface area (Å²) in [5.41, 5.74) is 3.49. The lowest BCUT2D eigenvalue weighted by Crippen LogP contribution is -2.24. The van der Waals surface area contributed by atoms with Gasteiger partial charge in [0, 0.05) is 25.3 Å². The molecule has 0 spiro atoms. The van der Waals surface area contributed by atoms with E-state index >= 15 is 0 Å². The van der Waals surface area contributed by atoms with Crippen LogP contribution in [-0.2, 0) is 26.1 Å². The molecule has 0 saturated heterocycles. The van der Waals surface area contributed by atoms with Crippen molar-refractivity contribution in [3.63, 3.8) is 0 Å². The molecular formula is C15H24BrN5. The van der Waals surface area contributed by atoms with Crippen molar-refractivity contribution >= 4 is 15.9 Å². The minimum Gasteiger partial charge on any atom is -0.309 e. The van der Waals surface area contributed by atoms with Crippen LogP contribution in [0.2, 0.25) is 0 Å². The molecule has 5 nitrogen and oxygen atoms in total. The topological polar surface area (TPSA) is 47.7 Å². The van der Waals surface area contributed by atoms with E-state index in [4.69, 9.17) is 0 Å². The van der Waals surface area contributed by atoms with Crippen LogP contribution < -0.4 is 5.32 Å². The molecule has 0 unspecified atom stereocenters. The second kappa shape index (κ2) is 7.22. The van der Waals surface area contributed by atoms with E-state index in [-0.39, 0.29) is 0 Å². The molecule has 0 bridgehead atoms. The fourth-order valence-corrected chi connectivity index (χ4v) is 2.96. The van der Waals surface area contributed by atoms with Gasteiger partial charge in [-0.15, -0.1) is 0 Å². The van der Waals surface area contributed by atoms with Crippen molar-refractivity contribution in [2.24, 2.45) is 0 Å². The average Bonchev–Trinajstić information content (AvgIpc) is 3.02. The average molecular weight is 354 g/mol. The van der Waals surface area contributed by atoms with Crippen LogP contribution >= 0.6 is 15.9 Å². The van der Waals surface area contributed by atoms with Gasteiger partial charge in [-0.05, 0) is 35.3 Å². The van der Waals surface area contributed by atoms with Gasteiger partial charge in [0.25, 0.3) is 0 Å². The van der Waals surface area contributed by atoms with Crippen LogP contribution in [0.5, 0.6) is 0 Å². The van der Waals surface area contributed by atoms with E-state index in [2.05, 4.69) is 69.9 Å². The van der Waals surface area contributed by atoms with Crippen LogP contribution in [0.4, 0.5) is 0 Å². The number of nitrogens with zero attached hydrogens (tertiary/aromatic N) is 4. The van der Waals surface area contributed by atoms with Crippen LogP contribution in [0.3, 0.4) is 0 Å². The number of aromatic nitrogens is 4. The first-order chi connectivity index (χ1) is 10.1. The van der Waals surface area contributed by atoms with Gasteiger partial charge < -0.3 is 5.32 Å². The summed E-state index contributed by atoms with van der Waals surface area (Å²) in [6.45, 7) is 11.0. The quantitative estimate of drug-likeness (QED) is 0.832. The number of hydrogen-bond acceptors (Lipinski definition) is 3. The Bertz CT molecular complexity index is 585. The van der Waals surface area contributed by atoms with Crippen molar-refractivity contribution in [2.75, 3.05) is 0 Å². The Labute approximate surface area is 134 Å². The number of aryl methyl sites for hydroxylation is 2. The second-order valence-electron chi connectivity index (χ2n) is 5.39. The first kappa shape index (κ1) is 16.2. The Kier molecular flexibility index (Phi) is 5.58. The van der Waals surface area contributed by atoms with Crippen molar-refractivity contribution < 1.29 is 0 Å². The summed E-state index contributed by atoms with van der Waals surface area (Å²) in [4.78, 5) is 0. The van der Waals surface area contributed by atoms with E-state index in [0.29, 0.717) is 6.04 Å². The van der Waals surface area contributed by atoms with E-state index in [1.807, 2.05) is 10.9 Å². The zero-order valence-electron chi connectivity index (χ0n) is 13.2. The van der Waals surface area contributed by atoms with E-state index < -0.39 is 0 Å². The molecule has 1 N–H and O–H groups in total. The van der Waals surface area contributed by atoms with Crippen LogP contribution in [0, 0.1) is 0 Å². The Morgan fingerprint density at radius 2 is 2.05 bits per heavy atom. The third-order valence-electron chi connectivity index (χ3n) is 3.49. The van der Waals surface area contributed by atoms with E-state index in [1.54, 1.807) is 0 Å². The van der Waals surface area contributed by atoms with Gasteiger partial charge in [-0.3, -0.25) is 9.36 Å². The Morgan fingerprint density at radius 3 is 2.67 bits per heavy atom. The van der Waals surface area contributed by atoms with Crippen molar-refractivity contribution in [3.05, 3.63) is 33.8 Å². The SMILES string of the molecule is CCc1nn(CC)c(Cn2nccc2CNC(C)C)c1Br. The lowest BCUT2D eigenvalue weighted by atomic mass is 10.3. The molecule has 2 heterocycles. The first-order valence-corrected chi connectivity index (χ1v) is 8.34. The summed E-state index contributed by atoms with van der Waals surface area (Å²) >= 11 is 3.70. The summed E-state index contributed by atoms with van der Waals surface area (Å²) < 4.78 is 5.22. The maximum absolute atomic E-state index is 4.64. The molecule has 0 fully saturated rings. The van der Waals surface area contributed by atoms with Crippen LogP contribution in [-0.4, -0.2) is 25.6 Å². The molecule has 116 valence electrons. The molecule has 2 rings (SSSR count). The minimum atomic E-state index is 0.466.